The molecule has 1 aromatic carbocycles. The van der Waals surface area contributed by atoms with Gasteiger partial charge in [-0.25, -0.2) is 4.79 Å². The Morgan fingerprint density at radius 1 is 1.00 bits per heavy atom. The summed E-state index contributed by atoms with van der Waals surface area (Å²) < 4.78 is 0. The number of ketones is 1. The van der Waals surface area contributed by atoms with E-state index >= 15 is 0 Å². The van der Waals surface area contributed by atoms with Crippen molar-refractivity contribution in [1.29, 1.82) is 0 Å². The van der Waals surface area contributed by atoms with E-state index in [9.17, 15) is 9.59 Å². The molecule has 0 bridgehead atoms. The Balaban J connectivity index is 1.82. The van der Waals surface area contributed by atoms with Crippen molar-refractivity contribution in [1.82, 2.24) is 14.7 Å². The van der Waals surface area contributed by atoms with Crippen molar-refractivity contribution in [2.75, 3.05) is 45.8 Å². The van der Waals surface area contributed by atoms with Gasteiger partial charge in [-0.15, -0.1) is 0 Å². The first kappa shape index (κ1) is 16.5. The van der Waals surface area contributed by atoms with Crippen LogP contribution in [0.4, 0.5) is 4.79 Å². The molecule has 1 aliphatic rings. The summed E-state index contributed by atoms with van der Waals surface area (Å²) in [5.74, 6) is 0.143. The summed E-state index contributed by atoms with van der Waals surface area (Å²) in [5.41, 5.74) is 0.754. The third-order valence-electron chi connectivity index (χ3n) is 4.14. The number of nitrogens with zero attached hydrogens (tertiary/aromatic N) is 3. The molecule has 1 saturated heterocycles. The fourth-order valence-corrected chi connectivity index (χ4v) is 2.71. The predicted octanol–water partition coefficient (Wildman–Crippen LogP) is 1.95. The molecule has 22 heavy (non-hydrogen) atoms. The van der Waals surface area contributed by atoms with Gasteiger partial charge in [0.15, 0.2) is 5.78 Å². The normalized spacial score (nSPS) is 15.6. The van der Waals surface area contributed by atoms with Gasteiger partial charge < -0.3 is 9.80 Å². The number of benzene rings is 1. The molecular formula is C17H25N3O2. The molecule has 1 aliphatic heterocycles. The lowest BCUT2D eigenvalue weighted by atomic mass is 10.1. The minimum absolute atomic E-state index is 0.110. The molecule has 5 nitrogen and oxygen atoms in total. The maximum Gasteiger partial charge on any atom is 0.320 e. The second-order valence-corrected chi connectivity index (χ2v) is 5.51. The molecule has 0 aromatic heterocycles. The first-order chi connectivity index (χ1) is 10.7. The van der Waals surface area contributed by atoms with Crippen LogP contribution in [0.25, 0.3) is 0 Å². The molecule has 120 valence electrons. The quantitative estimate of drug-likeness (QED) is 0.781. The Labute approximate surface area is 132 Å². The van der Waals surface area contributed by atoms with E-state index in [0.717, 1.165) is 31.7 Å². The zero-order valence-corrected chi connectivity index (χ0v) is 13.5. The van der Waals surface area contributed by atoms with Crippen molar-refractivity contribution < 1.29 is 9.59 Å². The largest absolute Gasteiger partial charge is 0.325 e. The van der Waals surface area contributed by atoms with Crippen LogP contribution in [0.5, 0.6) is 0 Å². The predicted molar refractivity (Wildman–Crippen MR) is 87.1 cm³/mol. The molecule has 0 aliphatic carbocycles. The van der Waals surface area contributed by atoms with Crippen molar-refractivity contribution in [3.63, 3.8) is 0 Å². The van der Waals surface area contributed by atoms with Gasteiger partial charge in [-0.2, -0.15) is 0 Å². The lowest BCUT2D eigenvalue weighted by Crippen LogP contribution is -2.53. The van der Waals surface area contributed by atoms with E-state index < -0.39 is 0 Å². The summed E-state index contributed by atoms with van der Waals surface area (Å²) in [4.78, 5) is 30.3. The summed E-state index contributed by atoms with van der Waals surface area (Å²) in [7, 11) is 0. The van der Waals surface area contributed by atoms with Crippen molar-refractivity contribution in [3.8, 4) is 0 Å². The summed E-state index contributed by atoms with van der Waals surface area (Å²) in [5, 5.41) is 0. The zero-order valence-electron chi connectivity index (χ0n) is 13.5. The topological polar surface area (TPSA) is 43.9 Å². The van der Waals surface area contributed by atoms with E-state index in [2.05, 4.69) is 4.90 Å². The molecule has 1 heterocycles. The number of hydrogen-bond donors (Lipinski definition) is 0. The second-order valence-electron chi connectivity index (χ2n) is 5.51. The summed E-state index contributed by atoms with van der Waals surface area (Å²) >= 11 is 0. The summed E-state index contributed by atoms with van der Waals surface area (Å²) in [6.45, 7) is 8.79. The van der Waals surface area contributed by atoms with Gasteiger partial charge in [0.05, 0.1) is 6.54 Å². The average molecular weight is 303 g/mol. The van der Waals surface area contributed by atoms with Gasteiger partial charge in [0.25, 0.3) is 0 Å². The number of hydrogen-bond acceptors (Lipinski definition) is 3. The van der Waals surface area contributed by atoms with Gasteiger partial charge in [-0.05, 0) is 13.8 Å². The molecule has 5 heteroatoms. The summed E-state index contributed by atoms with van der Waals surface area (Å²) in [6, 6.07) is 9.49. The molecule has 1 fully saturated rings. The first-order valence-electron chi connectivity index (χ1n) is 8.00. The smallest absolute Gasteiger partial charge is 0.320 e. The van der Waals surface area contributed by atoms with Crippen molar-refractivity contribution in [2.45, 2.75) is 13.8 Å². The molecule has 0 spiro atoms. The number of piperazine rings is 1. The summed E-state index contributed by atoms with van der Waals surface area (Å²) in [6.07, 6.45) is 0. The van der Waals surface area contributed by atoms with Gasteiger partial charge in [0, 0.05) is 44.8 Å². The van der Waals surface area contributed by atoms with Gasteiger partial charge in [-0.3, -0.25) is 9.69 Å². The third kappa shape index (κ3) is 4.07. The monoisotopic (exact) mass is 303 g/mol. The highest BCUT2D eigenvalue weighted by atomic mass is 16.2. The maximum absolute atomic E-state index is 12.3. The molecule has 2 amide bonds. The molecule has 1 aromatic rings. The average Bonchev–Trinajstić information content (AvgIpc) is 2.57. The number of amides is 2. The highest BCUT2D eigenvalue weighted by molar-refractivity contribution is 5.97. The highest BCUT2D eigenvalue weighted by Gasteiger charge is 2.24. The van der Waals surface area contributed by atoms with Gasteiger partial charge in [0.1, 0.15) is 0 Å². The Morgan fingerprint density at radius 3 is 2.14 bits per heavy atom. The lowest BCUT2D eigenvalue weighted by molar-refractivity contribution is 0.0853. The second kappa shape index (κ2) is 7.94. The van der Waals surface area contributed by atoms with E-state index in [1.807, 2.05) is 54.0 Å². The molecule has 2 rings (SSSR count). The molecule has 0 atom stereocenters. The van der Waals surface area contributed by atoms with Crippen LogP contribution in [0.3, 0.4) is 0 Å². The standard InChI is InChI=1S/C17H25N3O2/c1-3-19(4-2)17(22)20-12-10-18(11-13-20)14-16(21)15-8-6-5-7-9-15/h5-9H,3-4,10-14H2,1-2H3. The van der Waals surface area contributed by atoms with Crippen LogP contribution in [0, 0.1) is 0 Å². The fourth-order valence-electron chi connectivity index (χ4n) is 2.71. The van der Waals surface area contributed by atoms with Crippen molar-refractivity contribution in [2.24, 2.45) is 0 Å². The van der Waals surface area contributed by atoms with Gasteiger partial charge in [0.2, 0.25) is 0 Å². The molecular weight excluding hydrogens is 278 g/mol. The maximum atomic E-state index is 12.3. The zero-order chi connectivity index (χ0) is 15.9. The molecule has 0 unspecified atom stereocenters. The van der Waals surface area contributed by atoms with Gasteiger partial charge in [-0.1, -0.05) is 30.3 Å². The number of urea groups is 1. The van der Waals surface area contributed by atoms with Crippen molar-refractivity contribution >= 4 is 11.8 Å². The SMILES string of the molecule is CCN(CC)C(=O)N1CCN(CC(=O)c2ccccc2)CC1. The number of Topliss-reactive ketones (excluding diaryl/α,β-unsaturated/α-hetero) is 1. The highest BCUT2D eigenvalue weighted by Crippen LogP contribution is 2.08. The first-order valence-corrected chi connectivity index (χ1v) is 8.00. The Morgan fingerprint density at radius 2 is 1.59 bits per heavy atom. The van der Waals surface area contributed by atoms with E-state index in [-0.39, 0.29) is 11.8 Å². The molecule has 0 radical (unpaired) electrons. The number of rotatable bonds is 5. The Bertz CT molecular complexity index is 492. The van der Waals surface area contributed by atoms with Crippen LogP contribution < -0.4 is 0 Å². The number of carbonyl (C=O) groups is 2. The molecule has 0 saturated carbocycles. The minimum Gasteiger partial charge on any atom is -0.325 e. The van der Waals surface area contributed by atoms with Gasteiger partial charge >= 0.3 is 6.03 Å². The van der Waals surface area contributed by atoms with Crippen LogP contribution in [0.15, 0.2) is 30.3 Å². The fraction of sp³-hybridized carbons (Fsp3) is 0.529. The third-order valence-corrected chi connectivity index (χ3v) is 4.14. The van der Waals surface area contributed by atoms with Crippen LogP contribution in [0.2, 0.25) is 0 Å². The van der Waals surface area contributed by atoms with E-state index in [1.165, 1.54) is 0 Å². The number of carbonyl (C=O) groups excluding carboxylic acids is 2. The Hall–Kier alpha value is -1.88. The van der Waals surface area contributed by atoms with Crippen molar-refractivity contribution in [3.05, 3.63) is 35.9 Å². The lowest BCUT2D eigenvalue weighted by Gasteiger charge is -2.36. The van der Waals surface area contributed by atoms with Crippen LogP contribution in [0.1, 0.15) is 24.2 Å². The van der Waals surface area contributed by atoms with E-state index in [0.29, 0.717) is 19.6 Å². The van der Waals surface area contributed by atoms with Crippen LogP contribution in [-0.4, -0.2) is 72.3 Å². The van der Waals surface area contributed by atoms with E-state index in [4.69, 9.17) is 0 Å². The Kier molecular flexibility index (Phi) is 5.95. The molecule has 0 N–H and O–H groups in total. The minimum atomic E-state index is 0.110. The van der Waals surface area contributed by atoms with Crippen LogP contribution >= 0.6 is 0 Å². The van der Waals surface area contributed by atoms with E-state index in [1.54, 1.807) is 0 Å². The van der Waals surface area contributed by atoms with Crippen LogP contribution in [-0.2, 0) is 0 Å².